The molecule has 0 fully saturated rings. The van der Waals surface area contributed by atoms with Gasteiger partial charge in [-0.3, -0.25) is 0 Å². The van der Waals surface area contributed by atoms with Crippen LogP contribution in [0.25, 0.3) is 11.1 Å². The molecule has 2 aromatic carbocycles. The molecule has 0 heterocycles. The van der Waals surface area contributed by atoms with Crippen molar-refractivity contribution >= 4 is 3.21 Å². The molecule has 1 nitrogen and oxygen atoms in total. The summed E-state index contributed by atoms with van der Waals surface area (Å²) in [5.74, 6) is 0.974. The third kappa shape index (κ3) is 3.57. The maximum absolute atomic E-state index is 5.54. The molecule has 2 aliphatic carbocycles. The first kappa shape index (κ1) is 21.4. The summed E-state index contributed by atoms with van der Waals surface area (Å²) in [6.45, 7) is 4.71. The van der Waals surface area contributed by atoms with E-state index in [1.54, 1.807) is 13.6 Å². The predicted molar refractivity (Wildman–Crippen MR) is 98.5 cm³/mol. The molecule has 0 spiro atoms. The Kier molecular flexibility index (Phi) is 7.25. The Hall–Kier alpha value is -0.947. The van der Waals surface area contributed by atoms with Gasteiger partial charge in [-0.25, -0.2) is 0 Å². The first-order valence-electron chi connectivity index (χ1n) is 8.51. The van der Waals surface area contributed by atoms with E-state index in [1.807, 2.05) is 0 Å². The van der Waals surface area contributed by atoms with Gasteiger partial charge in [0.1, 0.15) is 0 Å². The molecule has 26 heavy (non-hydrogen) atoms. The van der Waals surface area contributed by atoms with Crippen LogP contribution >= 0.6 is 0 Å². The van der Waals surface area contributed by atoms with E-state index in [9.17, 15) is 0 Å². The van der Waals surface area contributed by atoms with Gasteiger partial charge in [-0.2, -0.15) is 0 Å². The number of rotatable bonds is 3. The van der Waals surface area contributed by atoms with Gasteiger partial charge in [0.25, 0.3) is 0 Å². The molecule has 2 aliphatic rings. The van der Waals surface area contributed by atoms with Crippen LogP contribution in [-0.2, 0) is 21.3 Å². The van der Waals surface area contributed by atoms with Crippen LogP contribution in [0.3, 0.4) is 0 Å². The van der Waals surface area contributed by atoms with Crippen molar-refractivity contribution in [3.8, 4) is 16.9 Å². The van der Waals surface area contributed by atoms with E-state index in [1.165, 1.54) is 22.3 Å². The summed E-state index contributed by atoms with van der Waals surface area (Å²) < 4.78 is 9.50. The minimum Gasteiger partial charge on any atom is -1.00 e. The van der Waals surface area contributed by atoms with Crippen molar-refractivity contribution in [1.82, 2.24) is 0 Å². The van der Waals surface area contributed by atoms with Gasteiger partial charge in [0, 0.05) is 0 Å². The van der Waals surface area contributed by atoms with Crippen LogP contribution in [0.15, 0.2) is 64.0 Å². The zero-order valence-corrected chi connectivity index (χ0v) is 19.2. The fourth-order valence-corrected chi connectivity index (χ4v) is 12.2. The molecule has 1 atom stereocenters. The van der Waals surface area contributed by atoms with Gasteiger partial charge in [0.2, 0.25) is 0 Å². The zero-order valence-electron chi connectivity index (χ0n) is 15.2. The monoisotopic (exact) mass is 462 g/mol. The predicted octanol–water partition coefficient (Wildman–Crippen LogP) is -0.553. The van der Waals surface area contributed by atoms with E-state index in [2.05, 4.69) is 74.5 Å². The summed E-state index contributed by atoms with van der Waals surface area (Å²) in [6, 6.07) is 15.6. The minimum absolute atomic E-state index is 0. The second kappa shape index (κ2) is 8.83. The summed E-state index contributed by atoms with van der Waals surface area (Å²) in [7, 11) is 1.76. The molecule has 0 radical (unpaired) electrons. The van der Waals surface area contributed by atoms with Gasteiger partial charge in [-0.05, 0) is 0 Å². The molecule has 4 rings (SSSR count). The van der Waals surface area contributed by atoms with Crippen molar-refractivity contribution in [2.24, 2.45) is 0 Å². The van der Waals surface area contributed by atoms with Crippen molar-refractivity contribution in [2.75, 3.05) is 7.11 Å². The Labute approximate surface area is 176 Å². The smallest absolute Gasteiger partial charge is 1.00 e. The van der Waals surface area contributed by atoms with Crippen molar-refractivity contribution in [1.29, 1.82) is 0 Å². The molecule has 0 N–H and O–H groups in total. The van der Waals surface area contributed by atoms with E-state index in [4.69, 9.17) is 4.74 Å². The van der Waals surface area contributed by atoms with Gasteiger partial charge in [-0.1, -0.05) is 0 Å². The van der Waals surface area contributed by atoms with Crippen LogP contribution in [0, 0.1) is 0 Å². The van der Waals surface area contributed by atoms with Crippen molar-refractivity contribution in [3.05, 3.63) is 75.1 Å². The number of ether oxygens (including phenoxy) is 1. The van der Waals surface area contributed by atoms with Gasteiger partial charge in [0.05, 0.1) is 0 Å². The van der Waals surface area contributed by atoms with E-state index in [-0.39, 0.29) is 24.8 Å². The van der Waals surface area contributed by atoms with Crippen LogP contribution < -0.4 is 29.6 Å². The van der Waals surface area contributed by atoms with Crippen LogP contribution in [-0.4, -0.2) is 10.3 Å². The molecular formula is C22H22Cl2OZr. The maximum atomic E-state index is 5.54. The summed E-state index contributed by atoms with van der Waals surface area (Å²) in [4.78, 5) is 0. The number of fused-ring (bicyclic) bond motifs is 3. The standard InChI is InChI=1S/C14H11O.C5H5.C3H6.2ClH.Zr/c1-15-12-6-7-14-11(9-12)8-10-4-2-3-5-13(10)14;1-2-4-5-3-1;1-3-2;;;/h2-9H,1H3;1-3H,4H2;1-2H3;2*1H;/q;;;;;+2/p-2. The molecule has 1 unspecified atom stereocenters. The Morgan fingerprint density at radius 3 is 2.38 bits per heavy atom. The van der Waals surface area contributed by atoms with E-state index in [0.29, 0.717) is 3.63 Å². The summed E-state index contributed by atoms with van der Waals surface area (Å²) in [6.07, 6.45) is 8.10. The minimum atomic E-state index is -1.96. The summed E-state index contributed by atoms with van der Waals surface area (Å²) >= 11 is -1.96. The van der Waals surface area contributed by atoms with E-state index in [0.717, 1.165) is 12.2 Å². The number of hydrogen-bond acceptors (Lipinski definition) is 1. The molecule has 4 heteroatoms. The van der Waals surface area contributed by atoms with Crippen LogP contribution in [0.2, 0.25) is 0 Å². The van der Waals surface area contributed by atoms with E-state index < -0.39 is 21.3 Å². The van der Waals surface area contributed by atoms with Crippen LogP contribution in [0.1, 0.15) is 35.0 Å². The maximum Gasteiger partial charge on any atom is -1.00 e. The molecule has 0 aliphatic heterocycles. The summed E-state index contributed by atoms with van der Waals surface area (Å²) in [5, 5.41) is 0. The Morgan fingerprint density at radius 1 is 1.00 bits per heavy atom. The normalized spacial score (nSPS) is 15.6. The Bertz CT molecular complexity index is 908. The number of benzene rings is 2. The fourth-order valence-electron chi connectivity index (χ4n) is 4.07. The Morgan fingerprint density at radius 2 is 1.73 bits per heavy atom. The van der Waals surface area contributed by atoms with Gasteiger partial charge in [-0.15, -0.1) is 0 Å². The zero-order chi connectivity index (χ0) is 16.7. The average Bonchev–Trinajstić information content (AvgIpc) is 3.22. The number of hydrogen-bond donors (Lipinski definition) is 0. The first-order chi connectivity index (χ1) is 11.7. The summed E-state index contributed by atoms with van der Waals surface area (Å²) in [5.41, 5.74) is 5.84. The molecule has 0 saturated carbocycles. The van der Waals surface area contributed by atoms with E-state index >= 15 is 0 Å². The molecule has 0 bridgehead atoms. The molecular weight excluding hydrogens is 442 g/mol. The molecule has 134 valence electrons. The fraction of sp³-hybridized carbons (Fsp3) is 0.227. The third-order valence-corrected chi connectivity index (χ3v) is 13.3. The SMILES string of the molecule is COc1ccc2c(c1)[CH]([Zr+2]([C]1=CC=CC1)=[C](C)C)c1ccccc1-2.[Cl-].[Cl-]. The molecule has 2 aromatic rings. The quantitative estimate of drug-likeness (QED) is 0.593. The van der Waals surface area contributed by atoms with Crippen LogP contribution in [0.4, 0.5) is 0 Å². The average molecular weight is 465 g/mol. The molecule has 0 saturated heterocycles. The second-order valence-electron chi connectivity index (χ2n) is 6.71. The number of allylic oxidation sites excluding steroid dienone is 4. The third-order valence-electron chi connectivity index (χ3n) is 5.08. The van der Waals surface area contributed by atoms with Crippen molar-refractivity contribution < 1.29 is 50.8 Å². The largest absolute Gasteiger partial charge is 1.00 e. The van der Waals surface area contributed by atoms with Gasteiger partial charge < -0.3 is 24.8 Å². The van der Waals surface area contributed by atoms with Crippen LogP contribution in [0.5, 0.6) is 5.75 Å². The number of methoxy groups -OCH3 is 1. The van der Waals surface area contributed by atoms with Crippen molar-refractivity contribution in [2.45, 2.75) is 23.9 Å². The molecule has 0 aromatic heterocycles. The van der Waals surface area contributed by atoms with Crippen molar-refractivity contribution in [3.63, 3.8) is 0 Å². The molecule has 0 amide bonds. The van der Waals surface area contributed by atoms with Gasteiger partial charge in [0.15, 0.2) is 0 Å². The first-order valence-corrected chi connectivity index (χ1v) is 12.4. The Balaban J connectivity index is 0.00000121. The van der Waals surface area contributed by atoms with Gasteiger partial charge >= 0.3 is 152 Å². The second-order valence-corrected chi connectivity index (χ2v) is 14.2. The topological polar surface area (TPSA) is 9.23 Å². The number of halogens is 2.